The van der Waals surface area contributed by atoms with Crippen LogP contribution in [-0.4, -0.2) is 56.0 Å². The first kappa shape index (κ1) is 17.8. The third kappa shape index (κ3) is 4.56. The maximum absolute atomic E-state index is 11.7. The third-order valence-electron chi connectivity index (χ3n) is 4.02. The molecule has 1 aromatic heterocycles. The second-order valence-corrected chi connectivity index (χ2v) is 7.85. The minimum Gasteiger partial charge on any atom is -0.497 e. The molecule has 0 radical (unpaired) electrons. The van der Waals surface area contributed by atoms with Crippen molar-refractivity contribution >= 4 is 10.0 Å². The van der Waals surface area contributed by atoms with Gasteiger partial charge >= 0.3 is 0 Å². The van der Waals surface area contributed by atoms with Crippen molar-refractivity contribution < 1.29 is 22.3 Å². The van der Waals surface area contributed by atoms with Crippen LogP contribution >= 0.6 is 0 Å². The van der Waals surface area contributed by atoms with Gasteiger partial charge in [0.1, 0.15) is 11.9 Å². The largest absolute Gasteiger partial charge is 0.497 e. The SMILES string of the molecule is COc1cccc(CCc2nnc([C@@H]3CN(S(C)(=O)=O)CCO3)o2)c1. The van der Waals surface area contributed by atoms with Gasteiger partial charge in [0.2, 0.25) is 21.8 Å². The highest BCUT2D eigenvalue weighted by Crippen LogP contribution is 2.23. The Balaban J connectivity index is 1.62. The van der Waals surface area contributed by atoms with Gasteiger partial charge in [-0.25, -0.2) is 8.42 Å². The summed E-state index contributed by atoms with van der Waals surface area (Å²) in [5.41, 5.74) is 1.11. The lowest BCUT2D eigenvalue weighted by atomic mass is 10.1. The Hall–Kier alpha value is -1.97. The van der Waals surface area contributed by atoms with Gasteiger partial charge in [0.15, 0.2) is 0 Å². The van der Waals surface area contributed by atoms with Crippen LogP contribution in [0.15, 0.2) is 28.7 Å². The van der Waals surface area contributed by atoms with Gasteiger partial charge in [-0.05, 0) is 24.1 Å². The molecule has 1 atom stereocenters. The molecular formula is C16H21N3O5S. The Labute approximate surface area is 146 Å². The van der Waals surface area contributed by atoms with Crippen molar-refractivity contribution in [3.05, 3.63) is 41.6 Å². The third-order valence-corrected chi connectivity index (χ3v) is 5.29. The van der Waals surface area contributed by atoms with E-state index in [1.807, 2.05) is 24.3 Å². The predicted octanol–water partition coefficient (Wildman–Crippen LogP) is 1.20. The number of morpholine rings is 1. The van der Waals surface area contributed by atoms with Crippen molar-refractivity contribution in [1.29, 1.82) is 0 Å². The summed E-state index contributed by atoms with van der Waals surface area (Å²) in [7, 11) is -1.63. The molecule has 2 aromatic rings. The van der Waals surface area contributed by atoms with Gasteiger partial charge in [0.05, 0.1) is 20.0 Å². The van der Waals surface area contributed by atoms with Crippen molar-refractivity contribution in [3.63, 3.8) is 0 Å². The molecule has 8 nitrogen and oxygen atoms in total. The molecule has 9 heteroatoms. The number of sulfonamides is 1. The number of benzene rings is 1. The van der Waals surface area contributed by atoms with E-state index in [2.05, 4.69) is 10.2 Å². The fourth-order valence-electron chi connectivity index (χ4n) is 2.65. The second-order valence-electron chi connectivity index (χ2n) is 5.87. The summed E-state index contributed by atoms with van der Waals surface area (Å²) in [4.78, 5) is 0. The molecule has 1 aromatic carbocycles. The quantitative estimate of drug-likeness (QED) is 0.757. The Morgan fingerprint density at radius 3 is 2.92 bits per heavy atom. The van der Waals surface area contributed by atoms with Gasteiger partial charge in [0, 0.05) is 19.5 Å². The fraction of sp³-hybridized carbons (Fsp3) is 0.500. The molecule has 0 bridgehead atoms. The van der Waals surface area contributed by atoms with Gasteiger partial charge in [0.25, 0.3) is 0 Å². The molecule has 0 aliphatic carbocycles. The van der Waals surface area contributed by atoms with E-state index < -0.39 is 16.1 Å². The molecule has 1 aliphatic heterocycles. The number of rotatable bonds is 6. The van der Waals surface area contributed by atoms with Crippen LogP contribution < -0.4 is 4.74 Å². The topological polar surface area (TPSA) is 94.8 Å². The molecule has 1 fully saturated rings. The lowest BCUT2D eigenvalue weighted by molar-refractivity contribution is -0.0176. The Kier molecular flexibility index (Phi) is 5.36. The van der Waals surface area contributed by atoms with Crippen LogP contribution in [0.4, 0.5) is 0 Å². The van der Waals surface area contributed by atoms with Crippen LogP contribution in [-0.2, 0) is 27.6 Å². The van der Waals surface area contributed by atoms with E-state index in [1.54, 1.807) is 7.11 Å². The van der Waals surface area contributed by atoms with E-state index in [4.69, 9.17) is 13.9 Å². The zero-order chi connectivity index (χ0) is 17.9. The van der Waals surface area contributed by atoms with E-state index in [0.717, 1.165) is 17.7 Å². The predicted molar refractivity (Wildman–Crippen MR) is 89.8 cm³/mol. The summed E-state index contributed by atoms with van der Waals surface area (Å²) >= 11 is 0. The molecule has 2 heterocycles. The summed E-state index contributed by atoms with van der Waals surface area (Å²) in [6.07, 6.45) is 1.98. The molecule has 0 amide bonds. The van der Waals surface area contributed by atoms with Crippen LogP contribution in [0, 0.1) is 0 Å². The van der Waals surface area contributed by atoms with Crippen molar-refractivity contribution in [2.75, 3.05) is 33.1 Å². The minimum absolute atomic E-state index is 0.191. The minimum atomic E-state index is -3.26. The van der Waals surface area contributed by atoms with Gasteiger partial charge in [-0.2, -0.15) is 4.31 Å². The molecule has 1 saturated heterocycles. The zero-order valence-electron chi connectivity index (χ0n) is 14.2. The van der Waals surface area contributed by atoms with Gasteiger partial charge in [-0.3, -0.25) is 0 Å². The normalized spacial score (nSPS) is 19.0. The fourth-order valence-corrected chi connectivity index (χ4v) is 3.47. The summed E-state index contributed by atoms with van der Waals surface area (Å²) in [6.45, 7) is 0.835. The maximum atomic E-state index is 11.7. The molecule has 0 unspecified atom stereocenters. The Morgan fingerprint density at radius 1 is 1.32 bits per heavy atom. The second kappa shape index (κ2) is 7.51. The van der Waals surface area contributed by atoms with E-state index in [0.29, 0.717) is 31.4 Å². The van der Waals surface area contributed by atoms with Gasteiger partial charge in [-0.1, -0.05) is 12.1 Å². The monoisotopic (exact) mass is 367 g/mol. The first-order valence-corrected chi connectivity index (χ1v) is 9.82. The molecule has 136 valence electrons. The Bertz CT molecular complexity index is 821. The van der Waals surface area contributed by atoms with E-state index in [-0.39, 0.29) is 6.54 Å². The Morgan fingerprint density at radius 2 is 2.16 bits per heavy atom. The molecule has 0 saturated carbocycles. The van der Waals surface area contributed by atoms with Crippen molar-refractivity contribution in [2.24, 2.45) is 0 Å². The van der Waals surface area contributed by atoms with Gasteiger partial charge < -0.3 is 13.9 Å². The standard InChI is InChI=1S/C16H21N3O5S/c1-22-13-5-3-4-12(10-13)6-7-15-17-18-16(24-15)14-11-19(8-9-23-14)25(2,20)21/h3-5,10,14H,6-9,11H2,1-2H3/t14-/m0/s1. The van der Waals surface area contributed by atoms with Crippen LogP contribution in [0.5, 0.6) is 5.75 Å². The number of aromatic nitrogens is 2. The molecular weight excluding hydrogens is 346 g/mol. The maximum Gasteiger partial charge on any atom is 0.246 e. The lowest BCUT2D eigenvalue weighted by Crippen LogP contribution is -2.41. The van der Waals surface area contributed by atoms with Crippen molar-refractivity contribution in [1.82, 2.24) is 14.5 Å². The number of methoxy groups -OCH3 is 1. The highest BCUT2D eigenvalue weighted by Gasteiger charge is 2.30. The highest BCUT2D eigenvalue weighted by molar-refractivity contribution is 7.88. The average Bonchev–Trinajstić information content (AvgIpc) is 3.09. The van der Waals surface area contributed by atoms with Crippen LogP contribution in [0.25, 0.3) is 0 Å². The van der Waals surface area contributed by atoms with E-state index in [1.165, 1.54) is 10.6 Å². The molecule has 3 rings (SSSR count). The summed E-state index contributed by atoms with van der Waals surface area (Å²) in [5.74, 6) is 1.62. The molecule has 25 heavy (non-hydrogen) atoms. The number of aryl methyl sites for hydroxylation is 2. The van der Waals surface area contributed by atoms with Crippen molar-refractivity contribution in [2.45, 2.75) is 18.9 Å². The van der Waals surface area contributed by atoms with E-state index in [9.17, 15) is 8.42 Å². The number of nitrogens with zero attached hydrogens (tertiary/aromatic N) is 3. The van der Waals surface area contributed by atoms with E-state index >= 15 is 0 Å². The molecule has 0 spiro atoms. The van der Waals surface area contributed by atoms with Crippen LogP contribution in [0.2, 0.25) is 0 Å². The number of ether oxygens (including phenoxy) is 2. The average molecular weight is 367 g/mol. The summed E-state index contributed by atoms with van der Waals surface area (Å²) < 4.78 is 41.2. The first-order chi connectivity index (χ1) is 12.0. The number of hydrogen-bond donors (Lipinski definition) is 0. The van der Waals surface area contributed by atoms with Crippen LogP contribution in [0.3, 0.4) is 0 Å². The molecule has 1 aliphatic rings. The van der Waals surface area contributed by atoms with Crippen molar-refractivity contribution in [3.8, 4) is 5.75 Å². The highest BCUT2D eigenvalue weighted by atomic mass is 32.2. The number of hydrogen-bond acceptors (Lipinski definition) is 7. The zero-order valence-corrected chi connectivity index (χ0v) is 15.0. The first-order valence-electron chi connectivity index (χ1n) is 7.97. The smallest absolute Gasteiger partial charge is 0.246 e. The lowest BCUT2D eigenvalue weighted by Gasteiger charge is -2.29. The van der Waals surface area contributed by atoms with Gasteiger partial charge in [-0.15, -0.1) is 10.2 Å². The summed E-state index contributed by atoms with van der Waals surface area (Å²) in [6, 6.07) is 7.80. The van der Waals surface area contributed by atoms with Crippen LogP contribution in [0.1, 0.15) is 23.4 Å². The molecule has 0 N–H and O–H groups in total. The summed E-state index contributed by atoms with van der Waals surface area (Å²) in [5, 5.41) is 8.05.